The maximum Gasteiger partial charge on any atom is 0.270 e. The number of ether oxygens (including phenoxy) is 1. The highest BCUT2D eigenvalue weighted by molar-refractivity contribution is 6.17. The maximum absolute atomic E-state index is 11.1. The summed E-state index contributed by atoms with van der Waals surface area (Å²) in [7, 11) is 3.40. The van der Waals surface area contributed by atoms with Crippen molar-refractivity contribution in [3.63, 3.8) is 0 Å². The lowest BCUT2D eigenvalue weighted by molar-refractivity contribution is -0.384. The van der Waals surface area contributed by atoms with Crippen molar-refractivity contribution in [1.82, 2.24) is 0 Å². The Morgan fingerprint density at radius 2 is 1.91 bits per heavy atom. The molecule has 116 valence electrons. The SMILES string of the molecule is COC1=CN=C(c2ccccc2)c2cc([N+](=O)[O-])ccc2N1C. The minimum absolute atomic E-state index is 0.0293. The first-order valence-corrected chi connectivity index (χ1v) is 7.01. The van der Waals surface area contributed by atoms with Crippen LogP contribution in [-0.2, 0) is 4.74 Å². The van der Waals surface area contributed by atoms with E-state index in [1.807, 2.05) is 42.3 Å². The topological polar surface area (TPSA) is 68.0 Å². The van der Waals surface area contributed by atoms with Crippen molar-refractivity contribution in [1.29, 1.82) is 0 Å². The van der Waals surface area contributed by atoms with Gasteiger partial charge in [-0.15, -0.1) is 0 Å². The number of non-ortho nitro benzene ring substituents is 1. The Kier molecular flexibility index (Phi) is 3.80. The number of nitro benzene ring substituents is 1. The van der Waals surface area contributed by atoms with Gasteiger partial charge < -0.3 is 9.64 Å². The Morgan fingerprint density at radius 3 is 2.57 bits per heavy atom. The number of anilines is 1. The molecule has 0 radical (unpaired) electrons. The molecule has 6 heteroatoms. The van der Waals surface area contributed by atoms with Crippen LogP contribution in [0.5, 0.6) is 0 Å². The van der Waals surface area contributed by atoms with Gasteiger partial charge in [0.25, 0.3) is 5.69 Å². The number of rotatable bonds is 3. The van der Waals surface area contributed by atoms with E-state index in [9.17, 15) is 10.1 Å². The number of fused-ring (bicyclic) bond motifs is 1. The van der Waals surface area contributed by atoms with Gasteiger partial charge in [0.05, 0.1) is 29.6 Å². The number of benzene rings is 2. The Balaban J connectivity index is 2.25. The number of nitrogens with zero attached hydrogens (tertiary/aromatic N) is 3. The van der Waals surface area contributed by atoms with Gasteiger partial charge in [-0.3, -0.25) is 10.1 Å². The Hall–Kier alpha value is -3.15. The molecule has 0 saturated carbocycles. The van der Waals surface area contributed by atoms with Gasteiger partial charge in [-0.2, -0.15) is 0 Å². The molecule has 1 aliphatic heterocycles. The molecular weight excluding hydrogens is 294 g/mol. The van der Waals surface area contributed by atoms with Crippen molar-refractivity contribution in [2.45, 2.75) is 0 Å². The third-order valence-corrected chi connectivity index (χ3v) is 3.70. The lowest BCUT2D eigenvalue weighted by Gasteiger charge is -2.21. The summed E-state index contributed by atoms with van der Waals surface area (Å²) in [5, 5.41) is 11.1. The Labute approximate surface area is 133 Å². The first-order chi connectivity index (χ1) is 11.1. The van der Waals surface area contributed by atoms with E-state index in [1.165, 1.54) is 6.07 Å². The van der Waals surface area contributed by atoms with Crippen molar-refractivity contribution in [2.24, 2.45) is 4.99 Å². The van der Waals surface area contributed by atoms with Crippen LogP contribution in [0.25, 0.3) is 0 Å². The lowest BCUT2D eigenvalue weighted by atomic mass is 9.99. The van der Waals surface area contributed by atoms with E-state index in [2.05, 4.69) is 4.99 Å². The van der Waals surface area contributed by atoms with Crippen molar-refractivity contribution in [3.8, 4) is 0 Å². The smallest absolute Gasteiger partial charge is 0.270 e. The average Bonchev–Trinajstić information content (AvgIpc) is 2.72. The number of nitro groups is 1. The summed E-state index contributed by atoms with van der Waals surface area (Å²) in [6.07, 6.45) is 1.62. The summed E-state index contributed by atoms with van der Waals surface area (Å²) in [6.45, 7) is 0. The monoisotopic (exact) mass is 309 g/mol. The highest BCUT2D eigenvalue weighted by Crippen LogP contribution is 2.31. The molecule has 0 aliphatic carbocycles. The van der Waals surface area contributed by atoms with Crippen molar-refractivity contribution in [2.75, 3.05) is 19.1 Å². The molecular formula is C17H15N3O3. The van der Waals surface area contributed by atoms with E-state index < -0.39 is 4.92 Å². The van der Waals surface area contributed by atoms with E-state index in [4.69, 9.17) is 4.74 Å². The first-order valence-electron chi connectivity index (χ1n) is 7.01. The van der Waals surface area contributed by atoms with E-state index in [1.54, 1.807) is 25.4 Å². The molecule has 1 aliphatic rings. The second-order valence-electron chi connectivity index (χ2n) is 5.03. The van der Waals surface area contributed by atoms with Gasteiger partial charge in [0.2, 0.25) is 5.88 Å². The van der Waals surface area contributed by atoms with Crippen LogP contribution in [0.3, 0.4) is 0 Å². The number of methoxy groups -OCH3 is 1. The summed E-state index contributed by atoms with van der Waals surface area (Å²) in [4.78, 5) is 17.0. The molecule has 0 bridgehead atoms. The summed E-state index contributed by atoms with van der Waals surface area (Å²) >= 11 is 0. The Bertz CT molecular complexity index is 813. The van der Waals surface area contributed by atoms with Crippen LogP contribution >= 0.6 is 0 Å². The average molecular weight is 309 g/mol. The zero-order valence-corrected chi connectivity index (χ0v) is 12.8. The molecule has 1 heterocycles. The molecule has 6 nitrogen and oxygen atoms in total. The predicted octanol–water partition coefficient (Wildman–Crippen LogP) is 3.33. The summed E-state index contributed by atoms with van der Waals surface area (Å²) in [5.41, 5.74) is 3.07. The zero-order valence-electron chi connectivity index (χ0n) is 12.8. The van der Waals surface area contributed by atoms with Crippen molar-refractivity contribution in [3.05, 3.63) is 81.9 Å². The third-order valence-electron chi connectivity index (χ3n) is 3.70. The van der Waals surface area contributed by atoms with Gasteiger partial charge in [0, 0.05) is 30.3 Å². The molecule has 3 rings (SSSR count). The fraction of sp³-hybridized carbons (Fsp3) is 0.118. The molecule has 0 atom stereocenters. The zero-order chi connectivity index (χ0) is 16.4. The lowest BCUT2D eigenvalue weighted by Crippen LogP contribution is -2.19. The first kappa shape index (κ1) is 14.8. The van der Waals surface area contributed by atoms with Crippen LogP contribution in [0.1, 0.15) is 11.1 Å². The number of hydrogen-bond donors (Lipinski definition) is 0. The van der Waals surface area contributed by atoms with Crippen LogP contribution in [0.2, 0.25) is 0 Å². The normalized spacial score (nSPS) is 13.6. The second-order valence-corrected chi connectivity index (χ2v) is 5.03. The van der Waals surface area contributed by atoms with Crippen LogP contribution < -0.4 is 4.90 Å². The molecule has 2 aromatic carbocycles. The minimum Gasteiger partial charge on any atom is -0.481 e. The van der Waals surface area contributed by atoms with E-state index in [0.29, 0.717) is 17.2 Å². The molecule has 0 saturated heterocycles. The highest BCUT2D eigenvalue weighted by atomic mass is 16.6. The maximum atomic E-state index is 11.1. The van der Waals surface area contributed by atoms with Crippen LogP contribution in [-0.4, -0.2) is 24.8 Å². The number of aliphatic imine (C=N–C) groups is 1. The van der Waals surface area contributed by atoms with Gasteiger partial charge in [-0.05, 0) is 6.07 Å². The molecule has 0 unspecified atom stereocenters. The largest absolute Gasteiger partial charge is 0.481 e. The minimum atomic E-state index is -0.404. The summed E-state index contributed by atoms with van der Waals surface area (Å²) in [6, 6.07) is 14.3. The molecule has 0 spiro atoms. The van der Waals surface area contributed by atoms with E-state index in [-0.39, 0.29) is 5.69 Å². The summed E-state index contributed by atoms with van der Waals surface area (Å²) < 4.78 is 5.35. The van der Waals surface area contributed by atoms with Gasteiger partial charge >= 0.3 is 0 Å². The third kappa shape index (κ3) is 2.66. The molecule has 23 heavy (non-hydrogen) atoms. The van der Waals surface area contributed by atoms with Crippen LogP contribution in [0.4, 0.5) is 11.4 Å². The molecule has 0 aromatic heterocycles. The second kappa shape index (κ2) is 5.92. The Morgan fingerprint density at radius 1 is 1.17 bits per heavy atom. The quantitative estimate of drug-likeness (QED) is 0.644. The molecule has 0 amide bonds. The van der Waals surface area contributed by atoms with Gasteiger partial charge in [0.1, 0.15) is 0 Å². The molecule has 0 N–H and O–H groups in total. The van der Waals surface area contributed by atoms with Crippen molar-refractivity contribution < 1.29 is 9.66 Å². The van der Waals surface area contributed by atoms with Crippen LogP contribution in [0, 0.1) is 10.1 Å². The van der Waals surface area contributed by atoms with Gasteiger partial charge in [0.15, 0.2) is 0 Å². The van der Waals surface area contributed by atoms with Gasteiger partial charge in [-0.25, -0.2) is 4.99 Å². The molecule has 0 fully saturated rings. The predicted molar refractivity (Wildman–Crippen MR) is 88.7 cm³/mol. The molecule has 2 aromatic rings. The highest BCUT2D eigenvalue weighted by Gasteiger charge is 2.22. The fourth-order valence-corrected chi connectivity index (χ4v) is 2.53. The van der Waals surface area contributed by atoms with E-state index >= 15 is 0 Å². The van der Waals surface area contributed by atoms with Crippen LogP contribution in [0.15, 0.2) is 65.6 Å². The van der Waals surface area contributed by atoms with Gasteiger partial charge in [-0.1, -0.05) is 30.3 Å². The van der Waals surface area contributed by atoms with Crippen molar-refractivity contribution >= 4 is 17.1 Å². The standard InChI is InChI=1S/C17H15N3O3/c1-19-15-9-8-13(20(21)22)10-14(15)17(18-11-16(19)23-2)12-6-4-3-5-7-12/h3-11H,1-2H3. The number of hydrogen-bond acceptors (Lipinski definition) is 5. The summed E-state index contributed by atoms with van der Waals surface area (Å²) in [5.74, 6) is 0.561. The fourth-order valence-electron chi connectivity index (χ4n) is 2.53. The van der Waals surface area contributed by atoms with E-state index in [0.717, 1.165) is 11.3 Å².